The molecule has 0 amide bonds. The maximum atomic E-state index is 10.7. The number of likely N-dealkylation sites (N-methyl/N-ethyl adjacent to an activating group) is 1. The molecule has 0 aromatic heterocycles. The first-order valence-corrected chi connectivity index (χ1v) is 12.5. The lowest BCUT2D eigenvalue weighted by molar-refractivity contribution is -0.907. The van der Waals surface area contributed by atoms with E-state index < -0.39 is 30.2 Å². The number of carbonyl (C=O) groups is 1. The number of carboxylic acids is 1. The smallest absolute Gasteiger partial charge is 0.203 e. The minimum absolute atomic E-state index is 0.00209. The summed E-state index contributed by atoms with van der Waals surface area (Å²) >= 11 is 0. The van der Waals surface area contributed by atoms with Crippen LogP contribution in [0.1, 0.15) is 6.42 Å². The molecule has 0 spiro atoms. The number of aliphatic hydroxyl groups is 2. The fraction of sp³-hybridized carbons (Fsp3) is 0.929. The van der Waals surface area contributed by atoms with Gasteiger partial charge in [0.15, 0.2) is 9.04 Å². The highest BCUT2D eigenvalue weighted by atomic mass is 28.3. The first-order chi connectivity index (χ1) is 11.0. The minimum Gasteiger partial charge on any atom is -0.544 e. The zero-order chi connectivity index (χ0) is 19.2. The van der Waals surface area contributed by atoms with Gasteiger partial charge in [0.05, 0.1) is 26.2 Å². The lowest BCUT2D eigenvalue weighted by Crippen LogP contribution is -2.56. The summed E-state index contributed by atoms with van der Waals surface area (Å²) in [5, 5.41) is 29.5. The number of hydrogen-bond acceptors (Lipinski definition) is 7. The number of ether oxygens (including phenoxy) is 1. The second-order valence-electron chi connectivity index (χ2n) is 6.29. The summed E-state index contributed by atoms with van der Waals surface area (Å²) in [6.07, 6.45) is -0.0537. The van der Waals surface area contributed by atoms with Gasteiger partial charge in [0.1, 0.15) is 25.7 Å². The van der Waals surface area contributed by atoms with Crippen LogP contribution in [0.2, 0.25) is 25.7 Å². The van der Waals surface area contributed by atoms with Gasteiger partial charge in [-0.15, -0.1) is 0 Å². The molecule has 0 aliphatic carbocycles. The van der Waals surface area contributed by atoms with Gasteiger partial charge in [0.2, 0.25) is 9.04 Å². The van der Waals surface area contributed by atoms with Crippen LogP contribution >= 0.6 is 0 Å². The summed E-state index contributed by atoms with van der Waals surface area (Å²) < 4.78 is 5.30. The molecule has 24 heavy (non-hydrogen) atoms. The third-order valence-corrected chi connectivity index (χ3v) is 4.02. The molecule has 0 aliphatic heterocycles. The van der Waals surface area contributed by atoms with E-state index in [1.165, 1.54) is 0 Å². The Hall–Kier alpha value is -0.336. The second-order valence-corrected chi connectivity index (χ2v) is 10.2. The number of rotatable bonds is 12. The van der Waals surface area contributed by atoms with Crippen molar-refractivity contribution in [2.24, 2.45) is 0 Å². The van der Waals surface area contributed by atoms with Crippen molar-refractivity contribution in [3.8, 4) is 0 Å². The van der Waals surface area contributed by atoms with E-state index in [9.17, 15) is 15.0 Å². The van der Waals surface area contributed by atoms with Gasteiger partial charge in [-0.05, 0) is 32.1 Å². The van der Waals surface area contributed by atoms with Gasteiger partial charge in [-0.25, -0.2) is 0 Å². The molecule has 144 valence electrons. The van der Waals surface area contributed by atoms with Crippen molar-refractivity contribution in [1.82, 2.24) is 0 Å². The van der Waals surface area contributed by atoms with Crippen molar-refractivity contribution in [3.05, 3.63) is 0 Å². The zero-order valence-corrected chi connectivity index (χ0v) is 17.2. The van der Waals surface area contributed by atoms with Crippen LogP contribution in [-0.2, 0) is 9.53 Å². The van der Waals surface area contributed by atoms with Gasteiger partial charge in [-0.3, -0.25) is 0 Å². The Kier molecular flexibility index (Phi) is 16.1. The third kappa shape index (κ3) is 19.7. The van der Waals surface area contributed by atoms with Gasteiger partial charge in [-0.2, -0.15) is 0 Å². The van der Waals surface area contributed by atoms with Crippen molar-refractivity contribution >= 4 is 24.0 Å². The average Bonchev–Trinajstić information content (AvgIpc) is 2.35. The largest absolute Gasteiger partial charge is 0.544 e. The van der Waals surface area contributed by atoms with Gasteiger partial charge >= 0.3 is 0 Å². The topological polar surface area (TPSA) is 130 Å². The zero-order valence-electron chi connectivity index (χ0n) is 15.2. The van der Waals surface area contributed by atoms with Gasteiger partial charge in [0, 0.05) is 6.61 Å². The standard InChI is InChI=1S/C12H26NO6Si.C2H7OSi/c1-13(4-5-14,9-12(16)17)8-11(15)10-19-6-3-7-20(2)18;1-4(2)3/h11,14-15,18H,3-10H2,1-2H3;3H,1-2H3. The highest BCUT2D eigenvalue weighted by Crippen LogP contribution is 2.05. The highest BCUT2D eigenvalue weighted by Gasteiger charge is 2.25. The Morgan fingerprint density at radius 2 is 1.83 bits per heavy atom. The van der Waals surface area contributed by atoms with E-state index in [0.29, 0.717) is 6.61 Å². The van der Waals surface area contributed by atoms with Crippen LogP contribution in [0.25, 0.3) is 0 Å². The number of aliphatic hydroxyl groups excluding tert-OH is 2. The van der Waals surface area contributed by atoms with Crippen molar-refractivity contribution in [1.29, 1.82) is 0 Å². The molecular weight excluding hydrogens is 350 g/mol. The SMILES string of the molecule is C[Si](C)O.C[Si](O)CCCOCC(O)C[N+](C)(CCO)CC(=O)[O-]. The van der Waals surface area contributed by atoms with Crippen molar-refractivity contribution in [2.45, 2.75) is 38.2 Å². The molecule has 0 rings (SSSR count). The maximum absolute atomic E-state index is 10.7. The monoisotopic (exact) mass is 383 g/mol. The van der Waals surface area contributed by atoms with Crippen molar-refractivity contribution < 1.29 is 38.9 Å². The van der Waals surface area contributed by atoms with Crippen molar-refractivity contribution in [3.63, 3.8) is 0 Å². The summed E-state index contributed by atoms with van der Waals surface area (Å²) in [5.74, 6) is -1.21. The summed E-state index contributed by atoms with van der Waals surface area (Å²) in [4.78, 5) is 28.0. The molecule has 0 aromatic carbocycles. The molecule has 2 unspecified atom stereocenters. The van der Waals surface area contributed by atoms with Crippen molar-refractivity contribution in [2.75, 3.05) is 46.5 Å². The number of quaternary nitrogens is 1. The molecule has 8 nitrogen and oxygen atoms in total. The molecule has 2 radical (unpaired) electrons. The quantitative estimate of drug-likeness (QED) is 0.171. The Balaban J connectivity index is 0. The Labute approximate surface area is 148 Å². The van der Waals surface area contributed by atoms with Gasteiger partial charge in [-0.1, -0.05) is 0 Å². The molecule has 4 N–H and O–H groups in total. The molecule has 0 bridgehead atoms. The average molecular weight is 384 g/mol. The molecule has 2 atom stereocenters. The Bertz CT molecular complexity index is 319. The van der Waals surface area contributed by atoms with Crippen LogP contribution in [0.3, 0.4) is 0 Å². The molecule has 0 fully saturated rings. The lowest BCUT2D eigenvalue weighted by atomic mass is 10.2. The Morgan fingerprint density at radius 3 is 2.25 bits per heavy atom. The first-order valence-electron chi connectivity index (χ1n) is 7.93. The van der Waals surface area contributed by atoms with Crippen LogP contribution in [-0.4, -0.2) is 101 Å². The van der Waals surface area contributed by atoms with E-state index >= 15 is 0 Å². The van der Waals surface area contributed by atoms with E-state index in [4.69, 9.17) is 19.4 Å². The number of aliphatic carboxylic acids is 1. The van der Waals surface area contributed by atoms with Crippen LogP contribution in [0, 0.1) is 0 Å². The van der Waals surface area contributed by atoms with E-state index in [1.54, 1.807) is 13.6 Å². The van der Waals surface area contributed by atoms with E-state index in [2.05, 4.69) is 0 Å². The van der Waals surface area contributed by atoms with Crippen LogP contribution in [0.15, 0.2) is 0 Å². The second kappa shape index (κ2) is 15.0. The normalized spacial score (nSPS) is 14.9. The predicted molar refractivity (Wildman–Crippen MR) is 92.7 cm³/mol. The molecule has 0 aliphatic rings. The summed E-state index contributed by atoms with van der Waals surface area (Å²) in [6, 6.07) is 0.740. The highest BCUT2D eigenvalue weighted by molar-refractivity contribution is 6.48. The molecular formula is C14H33NO7Si2. The summed E-state index contributed by atoms with van der Waals surface area (Å²) in [7, 11) is -0.464. The van der Waals surface area contributed by atoms with Crippen LogP contribution < -0.4 is 5.11 Å². The van der Waals surface area contributed by atoms with Crippen LogP contribution in [0.4, 0.5) is 0 Å². The molecule has 10 heteroatoms. The summed E-state index contributed by atoms with van der Waals surface area (Å²) in [5.41, 5.74) is 0. The van der Waals surface area contributed by atoms with E-state index in [-0.39, 0.29) is 37.3 Å². The fourth-order valence-electron chi connectivity index (χ4n) is 2.00. The number of nitrogens with zero attached hydrogens (tertiary/aromatic N) is 1. The van der Waals surface area contributed by atoms with E-state index in [1.807, 2.05) is 13.1 Å². The molecule has 0 saturated heterocycles. The third-order valence-electron chi connectivity index (χ3n) is 2.94. The molecule has 0 heterocycles. The number of carboxylic acid groups (broad SMARTS) is 1. The first kappa shape index (κ1) is 25.9. The molecule has 0 saturated carbocycles. The number of carbonyl (C=O) groups excluding carboxylic acids is 1. The van der Waals surface area contributed by atoms with E-state index in [0.717, 1.165) is 12.5 Å². The number of hydrogen-bond donors (Lipinski definition) is 4. The summed E-state index contributed by atoms with van der Waals surface area (Å²) in [6.45, 7) is 6.02. The fourth-order valence-corrected chi connectivity index (χ4v) is 2.65. The van der Waals surface area contributed by atoms with Crippen LogP contribution in [0.5, 0.6) is 0 Å². The lowest BCUT2D eigenvalue weighted by Gasteiger charge is -2.35. The predicted octanol–water partition coefficient (Wildman–Crippen LogP) is -2.21. The van der Waals surface area contributed by atoms with Gasteiger partial charge < -0.3 is 38.9 Å². The minimum atomic E-state index is -1.23. The maximum Gasteiger partial charge on any atom is 0.203 e. The Morgan fingerprint density at radius 1 is 1.29 bits per heavy atom. The molecule has 0 aromatic rings. The van der Waals surface area contributed by atoms with Gasteiger partial charge in [0.25, 0.3) is 0 Å².